The van der Waals surface area contributed by atoms with Crippen molar-refractivity contribution in [1.29, 1.82) is 0 Å². The average molecular weight is 282 g/mol. The summed E-state index contributed by atoms with van der Waals surface area (Å²) >= 11 is 0. The summed E-state index contributed by atoms with van der Waals surface area (Å²) in [6, 6.07) is 0.754. The number of hydrogen-bond donors (Lipinski definition) is 2. The van der Waals surface area contributed by atoms with Gasteiger partial charge in [0.05, 0.1) is 6.10 Å². The fourth-order valence-corrected chi connectivity index (χ4v) is 3.93. The van der Waals surface area contributed by atoms with E-state index in [-0.39, 0.29) is 6.10 Å². The van der Waals surface area contributed by atoms with E-state index in [9.17, 15) is 5.11 Å². The van der Waals surface area contributed by atoms with E-state index in [1.165, 1.54) is 38.9 Å². The van der Waals surface area contributed by atoms with Gasteiger partial charge in [-0.05, 0) is 19.4 Å². The molecule has 116 valence electrons. The summed E-state index contributed by atoms with van der Waals surface area (Å²) in [4.78, 5) is 7.53. The summed E-state index contributed by atoms with van der Waals surface area (Å²) in [5.74, 6) is 0. The number of piperidine rings is 1. The molecule has 3 rings (SSSR count). The lowest BCUT2D eigenvalue weighted by Crippen LogP contribution is -2.56. The van der Waals surface area contributed by atoms with Gasteiger partial charge in [0.2, 0.25) is 0 Å². The molecule has 0 aliphatic carbocycles. The summed E-state index contributed by atoms with van der Waals surface area (Å²) in [6.45, 7) is 10.8. The maximum Gasteiger partial charge on any atom is 0.0793 e. The van der Waals surface area contributed by atoms with Crippen molar-refractivity contribution < 1.29 is 5.11 Å². The predicted molar refractivity (Wildman–Crippen MR) is 81.0 cm³/mol. The van der Waals surface area contributed by atoms with E-state index in [0.29, 0.717) is 0 Å². The van der Waals surface area contributed by atoms with Crippen molar-refractivity contribution in [2.75, 3.05) is 65.4 Å². The van der Waals surface area contributed by atoms with Gasteiger partial charge in [-0.1, -0.05) is 6.42 Å². The first-order valence-electron chi connectivity index (χ1n) is 8.39. The van der Waals surface area contributed by atoms with E-state index in [4.69, 9.17) is 0 Å². The molecule has 0 saturated carbocycles. The molecule has 3 saturated heterocycles. The fraction of sp³-hybridized carbons (Fsp3) is 1.00. The molecule has 3 heterocycles. The van der Waals surface area contributed by atoms with Crippen LogP contribution in [-0.2, 0) is 0 Å². The van der Waals surface area contributed by atoms with Gasteiger partial charge in [0, 0.05) is 64.9 Å². The number of aliphatic hydroxyl groups is 1. The standard InChI is InChI=1S/C15H30N4O/c20-15(12-17-7-4-16-5-8-17)13-18-9-10-19-6-2-1-3-14(19)11-18/h14-16,20H,1-13H2. The van der Waals surface area contributed by atoms with Crippen molar-refractivity contribution in [3.8, 4) is 0 Å². The molecule has 0 bridgehead atoms. The SMILES string of the molecule is OC(CN1CCNCC1)CN1CCN2CCCCC2C1. The Kier molecular flexibility index (Phi) is 5.29. The van der Waals surface area contributed by atoms with Crippen LogP contribution in [0.3, 0.4) is 0 Å². The molecule has 2 unspecified atom stereocenters. The lowest BCUT2D eigenvalue weighted by molar-refractivity contribution is 0.0136. The smallest absolute Gasteiger partial charge is 0.0793 e. The molecule has 5 nitrogen and oxygen atoms in total. The summed E-state index contributed by atoms with van der Waals surface area (Å²) < 4.78 is 0. The minimum absolute atomic E-state index is 0.191. The molecule has 0 aromatic heterocycles. The van der Waals surface area contributed by atoms with Crippen LogP contribution >= 0.6 is 0 Å². The highest BCUT2D eigenvalue weighted by Gasteiger charge is 2.29. The number of hydrogen-bond acceptors (Lipinski definition) is 5. The van der Waals surface area contributed by atoms with Gasteiger partial charge in [-0.15, -0.1) is 0 Å². The van der Waals surface area contributed by atoms with E-state index in [2.05, 4.69) is 20.0 Å². The van der Waals surface area contributed by atoms with Gasteiger partial charge < -0.3 is 10.4 Å². The molecule has 3 aliphatic rings. The summed E-state index contributed by atoms with van der Waals surface area (Å²) in [7, 11) is 0. The normalized spacial score (nSPS) is 31.9. The maximum absolute atomic E-state index is 10.3. The van der Waals surface area contributed by atoms with Crippen LogP contribution in [-0.4, -0.2) is 97.4 Å². The van der Waals surface area contributed by atoms with Crippen LogP contribution in [0.5, 0.6) is 0 Å². The van der Waals surface area contributed by atoms with Crippen LogP contribution in [0.15, 0.2) is 0 Å². The highest BCUT2D eigenvalue weighted by Crippen LogP contribution is 2.21. The first kappa shape index (κ1) is 14.7. The Hall–Kier alpha value is -0.200. The van der Waals surface area contributed by atoms with Gasteiger partial charge in [0.15, 0.2) is 0 Å². The monoisotopic (exact) mass is 282 g/mol. The van der Waals surface area contributed by atoms with E-state index in [1.54, 1.807) is 0 Å². The first-order chi connectivity index (χ1) is 9.81. The topological polar surface area (TPSA) is 42.0 Å². The zero-order valence-electron chi connectivity index (χ0n) is 12.6. The number of nitrogens with zero attached hydrogens (tertiary/aromatic N) is 3. The zero-order chi connectivity index (χ0) is 13.8. The largest absolute Gasteiger partial charge is 0.390 e. The van der Waals surface area contributed by atoms with Crippen molar-refractivity contribution in [3.63, 3.8) is 0 Å². The van der Waals surface area contributed by atoms with E-state index in [1.807, 2.05) is 0 Å². The molecule has 2 N–H and O–H groups in total. The quantitative estimate of drug-likeness (QED) is 0.722. The van der Waals surface area contributed by atoms with Crippen LogP contribution in [0.2, 0.25) is 0 Å². The Balaban J connectivity index is 1.40. The second kappa shape index (κ2) is 7.18. The van der Waals surface area contributed by atoms with Crippen molar-refractivity contribution in [2.45, 2.75) is 31.4 Å². The van der Waals surface area contributed by atoms with Gasteiger partial charge in [0.1, 0.15) is 0 Å². The second-order valence-electron chi connectivity index (χ2n) is 6.65. The first-order valence-corrected chi connectivity index (χ1v) is 8.39. The highest BCUT2D eigenvalue weighted by atomic mass is 16.3. The number of rotatable bonds is 4. The Labute approximate surface area is 122 Å². The molecule has 0 aromatic rings. The van der Waals surface area contributed by atoms with Gasteiger partial charge in [-0.2, -0.15) is 0 Å². The van der Waals surface area contributed by atoms with Crippen LogP contribution < -0.4 is 5.32 Å². The highest BCUT2D eigenvalue weighted by molar-refractivity contribution is 4.86. The molecular weight excluding hydrogens is 252 g/mol. The maximum atomic E-state index is 10.3. The molecule has 0 spiro atoms. The lowest BCUT2D eigenvalue weighted by atomic mass is 9.99. The van der Waals surface area contributed by atoms with Gasteiger partial charge in [0.25, 0.3) is 0 Å². The Morgan fingerprint density at radius 1 is 0.950 bits per heavy atom. The average Bonchev–Trinajstić information content (AvgIpc) is 2.48. The van der Waals surface area contributed by atoms with Crippen LogP contribution in [0.1, 0.15) is 19.3 Å². The summed E-state index contributed by atoms with van der Waals surface area (Å²) in [5, 5.41) is 13.7. The molecule has 0 amide bonds. The number of β-amino-alcohol motifs (C(OH)–C–C–N with tert-alkyl or cyclic N) is 1. The van der Waals surface area contributed by atoms with Crippen molar-refractivity contribution >= 4 is 0 Å². The predicted octanol–water partition coefficient (Wildman–Crippen LogP) is -0.577. The molecule has 0 radical (unpaired) electrons. The van der Waals surface area contributed by atoms with E-state index in [0.717, 1.165) is 51.9 Å². The number of fused-ring (bicyclic) bond motifs is 1. The Morgan fingerprint density at radius 2 is 1.75 bits per heavy atom. The molecule has 0 aromatic carbocycles. The third-order valence-electron chi connectivity index (χ3n) is 5.07. The minimum Gasteiger partial charge on any atom is -0.390 e. The van der Waals surface area contributed by atoms with Gasteiger partial charge >= 0.3 is 0 Å². The van der Waals surface area contributed by atoms with Crippen LogP contribution in [0.4, 0.5) is 0 Å². The Morgan fingerprint density at radius 3 is 2.60 bits per heavy atom. The summed E-state index contributed by atoms with van der Waals surface area (Å²) in [6.07, 6.45) is 3.92. The molecule has 5 heteroatoms. The van der Waals surface area contributed by atoms with Gasteiger partial charge in [-0.3, -0.25) is 14.7 Å². The fourth-order valence-electron chi connectivity index (χ4n) is 3.93. The zero-order valence-corrected chi connectivity index (χ0v) is 12.6. The molecule has 3 aliphatic heterocycles. The molecule has 3 fully saturated rings. The van der Waals surface area contributed by atoms with Crippen molar-refractivity contribution in [2.24, 2.45) is 0 Å². The molecule has 2 atom stereocenters. The third kappa shape index (κ3) is 3.92. The third-order valence-corrected chi connectivity index (χ3v) is 5.07. The van der Waals surface area contributed by atoms with E-state index >= 15 is 0 Å². The summed E-state index contributed by atoms with van der Waals surface area (Å²) in [5.41, 5.74) is 0. The number of aliphatic hydroxyl groups excluding tert-OH is 1. The van der Waals surface area contributed by atoms with Crippen LogP contribution in [0.25, 0.3) is 0 Å². The number of piperazine rings is 2. The lowest BCUT2D eigenvalue weighted by Gasteiger charge is -2.44. The minimum atomic E-state index is -0.191. The Bertz CT molecular complexity index is 296. The second-order valence-corrected chi connectivity index (χ2v) is 6.65. The van der Waals surface area contributed by atoms with Crippen molar-refractivity contribution in [3.05, 3.63) is 0 Å². The molecule has 20 heavy (non-hydrogen) atoms. The van der Waals surface area contributed by atoms with Gasteiger partial charge in [-0.25, -0.2) is 0 Å². The van der Waals surface area contributed by atoms with E-state index < -0.39 is 0 Å². The number of nitrogens with one attached hydrogen (secondary N) is 1. The van der Waals surface area contributed by atoms with Crippen LogP contribution in [0, 0.1) is 0 Å². The van der Waals surface area contributed by atoms with Crippen molar-refractivity contribution in [1.82, 2.24) is 20.0 Å². The molecular formula is C15H30N4O.